The molecule has 1 aromatic carbocycles. The lowest BCUT2D eigenvalue weighted by Crippen LogP contribution is -2.31. The van der Waals surface area contributed by atoms with Crippen molar-refractivity contribution in [1.82, 2.24) is 14.3 Å². The van der Waals surface area contributed by atoms with Crippen molar-refractivity contribution < 1.29 is 12.8 Å². The molecule has 144 valence electrons. The summed E-state index contributed by atoms with van der Waals surface area (Å²) in [5.74, 6) is 0.795. The van der Waals surface area contributed by atoms with Gasteiger partial charge < -0.3 is 5.32 Å². The van der Waals surface area contributed by atoms with Gasteiger partial charge in [0.1, 0.15) is 17.5 Å². The lowest BCUT2D eigenvalue weighted by atomic mass is 10.1. The van der Waals surface area contributed by atoms with Gasteiger partial charge in [0.25, 0.3) is 0 Å². The van der Waals surface area contributed by atoms with Crippen LogP contribution in [0.25, 0.3) is 0 Å². The van der Waals surface area contributed by atoms with Gasteiger partial charge in [-0.2, -0.15) is 4.31 Å². The molecule has 0 saturated carbocycles. The molecule has 0 spiro atoms. The Labute approximate surface area is 163 Å². The second kappa shape index (κ2) is 7.65. The molecule has 1 aliphatic rings. The number of hydrogen-bond acceptors (Lipinski definition) is 5. The Morgan fingerprint density at radius 2 is 1.79 bits per heavy atom. The highest BCUT2D eigenvalue weighted by Gasteiger charge is 2.37. The largest absolute Gasteiger partial charge is 0.325 e. The molecule has 0 aliphatic carbocycles. The van der Waals surface area contributed by atoms with Crippen molar-refractivity contribution >= 4 is 21.7 Å². The lowest BCUT2D eigenvalue weighted by Gasteiger charge is -2.24. The number of rotatable bonds is 5. The number of aromatic nitrogens is 2. The van der Waals surface area contributed by atoms with Gasteiger partial charge in [-0.3, -0.25) is 0 Å². The van der Waals surface area contributed by atoms with Gasteiger partial charge in [0.2, 0.25) is 10.0 Å². The SMILES string of the molecule is O=S(=O)(c1ccc(F)cc1)N1CCC[C@H]1c1cccc(Nc2ccccn2)n1. The maximum absolute atomic E-state index is 13.2. The van der Waals surface area contributed by atoms with Crippen LogP contribution in [0, 0.1) is 5.82 Å². The lowest BCUT2D eigenvalue weighted by molar-refractivity contribution is 0.390. The Kier molecular flexibility index (Phi) is 5.06. The van der Waals surface area contributed by atoms with Crippen molar-refractivity contribution in [2.45, 2.75) is 23.8 Å². The van der Waals surface area contributed by atoms with Crippen LogP contribution in [0.5, 0.6) is 0 Å². The Morgan fingerprint density at radius 3 is 2.54 bits per heavy atom. The molecule has 1 atom stereocenters. The molecule has 0 unspecified atom stereocenters. The van der Waals surface area contributed by atoms with Gasteiger partial charge in [0.15, 0.2) is 0 Å². The fraction of sp³-hybridized carbons (Fsp3) is 0.200. The highest BCUT2D eigenvalue weighted by molar-refractivity contribution is 7.89. The number of hydrogen-bond donors (Lipinski definition) is 1. The van der Waals surface area contributed by atoms with E-state index in [1.54, 1.807) is 6.20 Å². The Hall–Kier alpha value is -2.84. The first-order valence-electron chi connectivity index (χ1n) is 8.96. The quantitative estimate of drug-likeness (QED) is 0.706. The fourth-order valence-corrected chi connectivity index (χ4v) is 5.01. The molecule has 0 amide bonds. The van der Waals surface area contributed by atoms with Crippen LogP contribution in [-0.2, 0) is 10.0 Å². The maximum atomic E-state index is 13.2. The number of pyridine rings is 2. The van der Waals surface area contributed by atoms with E-state index in [0.29, 0.717) is 30.3 Å². The first-order valence-corrected chi connectivity index (χ1v) is 10.4. The normalized spacial score (nSPS) is 17.5. The van der Waals surface area contributed by atoms with Gasteiger partial charge in [-0.1, -0.05) is 12.1 Å². The van der Waals surface area contributed by atoms with Gasteiger partial charge in [0.05, 0.1) is 16.6 Å². The number of benzene rings is 1. The van der Waals surface area contributed by atoms with Crippen LogP contribution in [0.15, 0.2) is 71.8 Å². The number of halogens is 1. The first kappa shape index (κ1) is 18.5. The van der Waals surface area contributed by atoms with Crippen LogP contribution in [-0.4, -0.2) is 29.2 Å². The predicted molar refractivity (Wildman–Crippen MR) is 104 cm³/mol. The highest BCUT2D eigenvalue weighted by Crippen LogP contribution is 2.36. The van der Waals surface area contributed by atoms with E-state index in [-0.39, 0.29) is 10.9 Å². The molecule has 1 saturated heterocycles. The molecule has 2 aromatic heterocycles. The van der Waals surface area contributed by atoms with E-state index in [9.17, 15) is 12.8 Å². The third-order valence-corrected chi connectivity index (χ3v) is 6.58. The van der Waals surface area contributed by atoms with Crippen LogP contribution in [0.4, 0.5) is 16.0 Å². The van der Waals surface area contributed by atoms with Gasteiger partial charge in [-0.15, -0.1) is 0 Å². The zero-order valence-electron chi connectivity index (χ0n) is 15.0. The molecule has 4 rings (SSSR count). The summed E-state index contributed by atoms with van der Waals surface area (Å²) in [5, 5.41) is 3.13. The van der Waals surface area contributed by atoms with E-state index in [2.05, 4.69) is 15.3 Å². The van der Waals surface area contributed by atoms with Crippen LogP contribution < -0.4 is 5.32 Å². The van der Waals surface area contributed by atoms with Gasteiger partial charge in [0, 0.05) is 12.7 Å². The van der Waals surface area contributed by atoms with Gasteiger partial charge in [-0.25, -0.2) is 22.8 Å². The molecule has 3 heterocycles. The van der Waals surface area contributed by atoms with E-state index >= 15 is 0 Å². The summed E-state index contributed by atoms with van der Waals surface area (Å²) in [4.78, 5) is 8.91. The van der Waals surface area contributed by atoms with Crippen LogP contribution >= 0.6 is 0 Å². The Bertz CT molecular complexity index is 1060. The molecule has 1 N–H and O–H groups in total. The predicted octanol–water partition coefficient (Wildman–Crippen LogP) is 3.89. The zero-order chi connectivity index (χ0) is 19.6. The van der Waals surface area contributed by atoms with Gasteiger partial charge >= 0.3 is 0 Å². The van der Waals surface area contributed by atoms with Crippen molar-refractivity contribution in [2.24, 2.45) is 0 Å². The highest BCUT2D eigenvalue weighted by atomic mass is 32.2. The van der Waals surface area contributed by atoms with Crippen LogP contribution in [0.3, 0.4) is 0 Å². The monoisotopic (exact) mass is 398 g/mol. The summed E-state index contributed by atoms with van der Waals surface area (Å²) < 4.78 is 40.7. The van der Waals surface area contributed by atoms with Crippen molar-refractivity contribution in [3.05, 3.63) is 78.4 Å². The number of sulfonamides is 1. The zero-order valence-corrected chi connectivity index (χ0v) is 15.8. The minimum atomic E-state index is -3.73. The molecular formula is C20H19FN4O2S. The van der Waals surface area contributed by atoms with Crippen LogP contribution in [0.2, 0.25) is 0 Å². The second-order valence-electron chi connectivity index (χ2n) is 6.52. The molecule has 28 heavy (non-hydrogen) atoms. The number of nitrogens with one attached hydrogen (secondary N) is 1. The van der Waals surface area contributed by atoms with Crippen molar-refractivity contribution in [2.75, 3.05) is 11.9 Å². The maximum Gasteiger partial charge on any atom is 0.243 e. The summed E-state index contributed by atoms with van der Waals surface area (Å²) in [6.45, 7) is 0.407. The third-order valence-electron chi connectivity index (χ3n) is 4.66. The number of nitrogens with zero attached hydrogens (tertiary/aromatic N) is 3. The summed E-state index contributed by atoms with van der Waals surface area (Å²) >= 11 is 0. The molecule has 8 heteroatoms. The molecule has 3 aromatic rings. The van der Waals surface area contributed by atoms with Crippen LogP contribution in [0.1, 0.15) is 24.6 Å². The molecule has 1 fully saturated rings. The molecular weight excluding hydrogens is 379 g/mol. The third kappa shape index (κ3) is 3.74. The topological polar surface area (TPSA) is 75.2 Å². The Balaban J connectivity index is 1.61. The summed E-state index contributed by atoms with van der Waals surface area (Å²) in [7, 11) is -3.73. The first-order chi connectivity index (χ1) is 13.5. The molecule has 1 aliphatic heterocycles. The summed E-state index contributed by atoms with van der Waals surface area (Å²) in [6.07, 6.45) is 3.10. The summed E-state index contributed by atoms with van der Waals surface area (Å²) in [5.41, 5.74) is 0.670. The van der Waals surface area contributed by atoms with E-state index < -0.39 is 15.8 Å². The minimum absolute atomic E-state index is 0.0866. The fourth-order valence-electron chi connectivity index (χ4n) is 3.34. The average Bonchev–Trinajstić information content (AvgIpc) is 3.20. The van der Waals surface area contributed by atoms with Crippen molar-refractivity contribution in [3.63, 3.8) is 0 Å². The molecule has 0 radical (unpaired) electrons. The molecule has 6 nitrogen and oxygen atoms in total. The smallest absolute Gasteiger partial charge is 0.243 e. The van der Waals surface area contributed by atoms with Crippen molar-refractivity contribution in [3.8, 4) is 0 Å². The minimum Gasteiger partial charge on any atom is -0.325 e. The number of anilines is 2. The standard InChI is InChI=1S/C20H19FN4O2S/c21-15-9-11-16(12-10-15)28(26,27)25-14-4-6-18(25)17-5-3-8-20(23-17)24-19-7-1-2-13-22-19/h1-3,5,7-13,18H,4,6,14H2,(H,22,23,24)/t18-/m0/s1. The molecule has 0 bridgehead atoms. The van der Waals surface area contributed by atoms with E-state index in [4.69, 9.17) is 0 Å². The Morgan fingerprint density at radius 1 is 1.00 bits per heavy atom. The van der Waals surface area contributed by atoms with Gasteiger partial charge in [-0.05, 0) is 61.4 Å². The van der Waals surface area contributed by atoms with E-state index in [1.165, 1.54) is 16.4 Å². The van der Waals surface area contributed by atoms with Crippen molar-refractivity contribution in [1.29, 1.82) is 0 Å². The average molecular weight is 398 g/mol. The van der Waals surface area contributed by atoms with E-state index in [1.807, 2.05) is 36.4 Å². The second-order valence-corrected chi connectivity index (χ2v) is 8.41. The summed E-state index contributed by atoms with van der Waals surface area (Å²) in [6, 6.07) is 15.6. The van der Waals surface area contributed by atoms with E-state index in [0.717, 1.165) is 18.6 Å².